The average Bonchev–Trinajstić information content (AvgIpc) is 2.35. The molecule has 20 heavy (non-hydrogen) atoms. The normalized spacial score (nSPS) is 12.9. The van der Waals surface area contributed by atoms with Gasteiger partial charge < -0.3 is 15.3 Å². The van der Waals surface area contributed by atoms with E-state index in [2.05, 4.69) is 41.2 Å². The molecule has 0 aliphatic rings. The first kappa shape index (κ1) is 17.0. The van der Waals surface area contributed by atoms with E-state index in [1.165, 1.54) is 4.90 Å². The Hall–Kier alpha value is -1.07. The highest BCUT2D eigenvalue weighted by Crippen LogP contribution is 2.29. The predicted octanol–water partition coefficient (Wildman–Crippen LogP) is 2.75. The standard InChI is InChI=1S/C15H23BrN2O2/c1-11(19)9-18(4)14(20)17-10-15(2,3)12-7-5-6-8-13(12)16/h5-8,11,19H,9-10H2,1-4H3,(H,17,20)/t11-/m0/s1. The van der Waals surface area contributed by atoms with E-state index in [4.69, 9.17) is 0 Å². The molecule has 0 saturated heterocycles. The van der Waals surface area contributed by atoms with Crippen LogP contribution >= 0.6 is 15.9 Å². The van der Waals surface area contributed by atoms with Crippen molar-refractivity contribution in [1.82, 2.24) is 10.2 Å². The fraction of sp³-hybridized carbons (Fsp3) is 0.533. The van der Waals surface area contributed by atoms with Gasteiger partial charge in [0.05, 0.1) is 6.10 Å². The second kappa shape index (κ2) is 7.09. The van der Waals surface area contributed by atoms with Crippen molar-refractivity contribution < 1.29 is 9.90 Å². The summed E-state index contributed by atoms with van der Waals surface area (Å²) in [5.41, 5.74) is 0.972. The highest BCUT2D eigenvalue weighted by Gasteiger charge is 2.24. The Morgan fingerprint density at radius 3 is 2.60 bits per heavy atom. The highest BCUT2D eigenvalue weighted by molar-refractivity contribution is 9.10. The van der Waals surface area contributed by atoms with Crippen molar-refractivity contribution in [3.05, 3.63) is 34.3 Å². The Kier molecular flexibility index (Phi) is 6.02. The van der Waals surface area contributed by atoms with Crippen LogP contribution in [0.3, 0.4) is 0 Å². The van der Waals surface area contributed by atoms with Gasteiger partial charge in [0.15, 0.2) is 0 Å². The number of rotatable bonds is 5. The van der Waals surface area contributed by atoms with Crippen molar-refractivity contribution >= 4 is 22.0 Å². The zero-order chi connectivity index (χ0) is 15.3. The van der Waals surface area contributed by atoms with Crippen molar-refractivity contribution in [2.45, 2.75) is 32.3 Å². The lowest BCUT2D eigenvalue weighted by atomic mass is 9.84. The summed E-state index contributed by atoms with van der Waals surface area (Å²) in [6.45, 7) is 6.68. The zero-order valence-electron chi connectivity index (χ0n) is 12.5. The molecule has 0 bridgehead atoms. The van der Waals surface area contributed by atoms with Crippen LogP contribution in [0.4, 0.5) is 4.79 Å². The third-order valence-corrected chi connectivity index (χ3v) is 3.86. The topological polar surface area (TPSA) is 52.6 Å². The van der Waals surface area contributed by atoms with E-state index < -0.39 is 6.10 Å². The highest BCUT2D eigenvalue weighted by atomic mass is 79.9. The van der Waals surface area contributed by atoms with Gasteiger partial charge in [0.1, 0.15) is 0 Å². The van der Waals surface area contributed by atoms with Crippen LogP contribution in [0.25, 0.3) is 0 Å². The number of likely N-dealkylation sites (N-methyl/N-ethyl adjacent to an activating group) is 1. The second-order valence-corrected chi connectivity index (χ2v) is 6.61. The molecule has 0 heterocycles. The van der Waals surface area contributed by atoms with Crippen LogP contribution in [0.2, 0.25) is 0 Å². The number of halogens is 1. The molecule has 1 atom stereocenters. The fourth-order valence-electron chi connectivity index (χ4n) is 2.02. The summed E-state index contributed by atoms with van der Waals surface area (Å²) in [4.78, 5) is 13.4. The molecule has 0 aliphatic heterocycles. The number of nitrogens with one attached hydrogen (secondary N) is 1. The maximum Gasteiger partial charge on any atom is 0.317 e. The number of amides is 2. The fourth-order valence-corrected chi connectivity index (χ4v) is 2.84. The lowest BCUT2D eigenvalue weighted by molar-refractivity contribution is 0.143. The van der Waals surface area contributed by atoms with E-state index in [1.54, 1.807) is 14.0 Å². The first-order chi connectivity index (χ1) is 9.24. The number of carbonyl (C=O) groups is 1. The third-order valence-electron chi connectivity index (χ3n) is 3.17. The van der Waals surface area contributed by atoms with E-state index >= 15 is 0 Å². The Morgan fingerprint density at radius 2 is 2.05 bits per heavy atom. The number of hydrogen-bond acceptors (Lipinski definition) is 2. The summed E-state index contributed by atoms with van der Waals surface area (Å²) >= 11 is 3.54. The minimum Gasteiger partial charge on any atom is -0.392 e. The lowest BCUT2D eigenvalue weighted by Gasteiger charge is -2.28. The number of aliphatic hydroxyl groups excluding tert-OH is 1. The first-order valence-electron chi connectivity index (χ1n) is 6.66. The summed E-state index contributed by atoms with van der Waals surface area (Å²) in [7, 11) is 1.67. The molecule has 5 heteroatoms. The maximum atomic E-state index is 11.9. The van der Waals surface area contributed by atoms with Gasteiger partial charge in [-0.25, -0.2) is 4.79 Å². The molecule has 0 spiro atoms. The van der Waals surface area contributed by atoms with Crippen molar-refractivity contribution in [2.24, 2.45) is 0 Å². The zero-order valence-corrected chi connectivity index (χ0v) is 14.1. The van der Waals surface area contributed by atoms with Crippen molar-refractivity contribution in [3.63, 3.8) is 0 Å². The molecule has 4 nitrogen and oxygen atoms in total. The van der Waals surface area contributed by atoms with Gasteiger partial charge in [-0.2, -0.15) is 0 Å². The molecule has 0 aromatic heterocycles. The van der Waals surface area contributed by atoms with Gasteiger partial charge >= 0.3 is 6.03 Å². The monoisotopic (exact) mass is 342 g/mol. The molecule has 1 aromatic carbocycles. The number of aliphatic hydroxyl groups is 1. The molecule has 0 saturated carbocycles. The molecule has 0 radical (unpaired) electrons. The van der Waals surface area contributed by atoms with Gasteiger partial charge in [-0.05, 0) is 18.6 Å². The molecule has 0 unspecified atom stereocenters. The Balaban J connectivity index is 2.64. The first-order valence-corrected chi connectivity index (χ1v) is 7.45. The average molecular weight is 343 g/mol. The maximum absolute atomic E-state index is 11.9. The van der Waals surface area contributed by atoms with Crippen molar-refractivity contribution in [3.8, 4) is 0 Å². The van der Waals surface area contributed by atoms with Crippen LogP contribution in [0.15, 0.2) is 28.7 Å². The number of carbonyl (C=O) groups excluding carboxylic acids is 1. The molecule has 112 valence electrons. The Morgan fingerprint density at radius 1 is 1.45 bits per heavy atom. The van der Waals surface area contributed by atoms with Crippen LogP contribution in [0.5, 0.6) is 0 Å². The molecule has 2 amide bonds. The molecule has 1 rings (SSSR count). The van der Waals surface area contributed by atoms with Gasteiger partial charge in [0.2, 0.25) is 0 Å². The van der Waals surface area contributed by atoms with Gasteiger partial charge in [0.25, 0.3) is 0 Å². The molecular weight excluding hydrogens is 320 g/mol. The predicted molar refractivity (Wildman–Crippen MR) is 84.9 cm³/mol. The van der Waals surface area contributed by atoms with Crippen LogP contribution in [0, 0.1) is 0 Å². The molecule has 0 aliphatic carbocycles. The van der Waals surface area contributed by atoms with E-state index in [-0.39, 0.29) is 11.4 Å². The van der Waals surface area contributed by atoms with E-state index in [9.17, 15) is 9.90 Å². The Labute approximate surface area is 129 Å². The minimum absolute atomic E-state index is 0.175. The Bertz CT molecular complexity index is 461. The lowest BCUT2D eigenvalue weighted by Crippen LogP contribution is -2.45. The summed E-state index contributed by atoms with van der Waals surface area (Å²) in [6.07, 6.45) is -0.526. The summed E-state index contributed by atoms with van der Waals surface area (Å²) in [5.74, 6) is 0. The van der Waals surface area contributed by atoms with Crippen LogP contribution in [-0.2, 0) is 5.41 Å². The van der Waals surface area contributed by atoms with Crippen LogP contribution in [0.1, 0.15) is 26.3 Å². The van der Waals surface area contributed by atoms with Crippen LogP contribution in [-0.4, -0.2) is 42.3 Å². The molecule has 1 aromatic rings. The number of urea groups is 1. The van der Waals surface area contributed by atoms with Gasteiger partial charge in [0, 0.05) is 30.0 Å². The smallest absolute Gasteiger partial charge is 0.317 e. The summed E-state index contributed by atoms with van der Waals surface area (Å²) in [6, 6.07) is 7.84. The third kappa shape index (κ3) is 4.80. The molecular formula is C15H23BrN2O2. The van der Waals surface area contributed by atoms with E-state index in [0.29, 0.717) is 13.1 Å². The SMILES string of the molecule is C[C@H](O)CN(C)C(=O)NCC(C)(C)c1ccccc1Br. The van der Waals surface area contributed by atoms with Gasteiger partial charge in [-0.3, -0.25) is 0 Å². The number of hydrogen-bond donors (Lipinski definition) is 2. The van der Waals surface area contributed by atoms with Crippen LogP contribution < -0.4 is 5.32 Å². The van der Waals surface area contributed by atoms with Gasteiger partial charge in [-0.15, -0.1) is 0 Å². The summed E-state index contributed by atoms with van der Waals surface area (Å²) in [5, 5.41) is 12.2. The van der Waals surface area contributed by atoms with E-state index in [0.717, 1.165) is 10.0 Å². The second-order valence-electron chi connectivity index (χ2n) is 5.75. The quantitative estimate of drug-likeness (QED) is 0.864. The van der Waals surface area contributed by atoms with Crippen molar-refractivity contribution in [1.29, 1.82) is 0 Å². The van der Waals surface area contributed by atoms with Gasteiger partial charge in [-0.1, -0.05) is 48.0 Å². The number of nitrogens with zero attached hydrogens (tertiary/aromatic N) is 1. The number of benzene rings is 1. The molecule has 0 fully saturated rings. The summed E-state index contributed by atoms with van der Waals surface area (Å²) < 4.78 is 1.04. The minimum atomic E-state index is -0.526. The van der Waals surface area contributed by atoms with Crippen molar-refractivity contribution in [2.75, 3.05) is 20.1 Å². The largest absolute Gasteiger partial charge is 0.392 e. The van der Waals surface area contributed by atoms with E-state index in [1.807, 2.05) is 18.2 Å². The molecule has 2 N–H and O–H groups in total.